The van der Waals surface area contributed by atoms with Crippen LogP contribution in [0.1, 0.15) is 122 Å². The Kier molecular flexibility index (Phi) is 23.5. The second-order valence-electron chi connectivity index (χ2n) is 8.44. The fourth-order valence-electron chi connectivity index (χ4n) is 3.60. The van der Waals surface area contributed by atoms with Crippen LogP contribution < -0.4 is 5.32 Å². The molecule has 5 nitrogen and oxygen atoms in total. The summed E-state index contributed by atoms with van der Waals surface area (Å²) in [5.41, 5.74) is 0. The maximum Gasteiger partial charge on any atom is 0.407 e. The van der Waals surface area contributed by atoms with Gasteiger partial charge in [0.1, 0.15) is 13.2 Å². The van der Waals surface area contributed by atoms with Gasteiger partial charge in [-0.25, -0.2) is 9.59 Å². The first-order chi connectivity index (χ1) is 15.2. The Hall–Kier alpha value is -1.52. The molecule has 0 aliphatic carbocycles. The van der Waals surface area contributed by atoms with Gasteiger partial charge in [0.2, 0.25) is 0 Å². The van der Waals surface area contributed by atoms with E-state index in [1.165, 1.54) is 103 Å². The lowest BCUT2D eigenvalue weighted by Gasteiger charge is -2.07. The average molecular weight is 440 g/mol. The van der Waals surface area contributed by atoms with Crippen LogP contribution >= 0.6 is 0 Å². The lowest BCUT2D eigenvalue weighted by Crippen LogP contribution is -2.26. The van der Waals surface area contributed by atoms with Crippen molar-refractivity contribution in [3.8, 4) is 0 Å². The summed E-state index contributed by atoms with van der Waals surface area (Å²) in [4.78, 5) is 22.3. The number of rotatable bonds is 23. The van der Waals surface area contributed by atoms with Crippen LogP contribution in [0.25, 0.3) is 0 Å². The van der Waals surface area contributed by atoms with E-state index in [1.807, 2.05) is 0 Å². The summed E-state index contributed by atoms with van der Waals surface area (Å²) < 4.78 is 9.64. The third kappa shape index (κ3) is 24.6. The average Bonchev–Trinajstić information content (AvgIpc) is 2.78. The molecule has 0 spiro atoms. The van der Waals surface area contributed by atoms with Gasteiger partial charge in [-0.15, -0.1) is 0 Å². The number of ether oxygens (including phenoxy) is 2. The molecule has 182 valence electrons. The summed E-state index contributed by atoms with van der Waals surface area (Å²) in [6.45, 7) is 6.31. The van der Waals surface area contributed by atoms with Crippen molar-refractivity contribution < 1.29 is 19.1 Å². The second kappa shape index (κ2) is 24.7. The zero-order valence-corrected chi connectivity index (χ0v) is 20.3. The Balaban J connectivity index is 3.14. The van der Waals surface area contributed by atoms with Crippen molar-refractivity contribution in [1.82, 2.24) is 5.32 Å². The molecule has 0 saturated carbocycles. The number of hydrogen-bond acceptors (Lipinski definition) is 4. The number of nitrogens with one attached hydrogen (secondary N) is 1. The Labute approximate surface area is 191 Å². The molecule has 0 aliphatic heterocycles. The van der Waals surface area contributed by atoms with E-state index < -0.39 is 12.1 Å². The summed E-state index contributed by atoms with van der Waals surface area (Å²) in [6.07, 6.45) is 24.9. The van der Waals surface area contributed by atoms with Crippen molar-refractivity contribution in [3.05, 3.63) is 12.7 Å². The van der Waals surface area contributed by atoms with Crippen molar-refractivity contribution >= 4 is 12.1 Å². The highest BCUT2D eigenvalue weighted by Crippen LogP contribution is 2.14. The minimum atomic E-state index is -0.511. The first-order valence-corrected chi connectivity index (χ1v) is 12.9. The molecular formula is C26H49NO4. The van der Waals surface area contributed by atoms with E-state index >= 15 is 0 Å². The summed E-state index contributed by atoms with van der Waals surface area (Å²) in [7, 11) is 0. The molecule has 0 aromatic heterocycles. The number of hydrogen-bond donors (Lipinski definition) is 1. The van der Waals surface area contributed by atoms with Crippen molar-refractivity contribution in [1.29, 1.82) is 0 Å². The Morgan fingerprint density at radius 1 is 0.645 bits per heavy atom. The first kappa shape index (κ1) is 29.5. The summed E-state index contributed by atoms with van der Waals surface area (Å²) in [5, 5.41) is 2.72. The molecule has 0 radical (unpaired) electrons. The van der Waals surface area contributed by atoms with E-state index in [9.17, 15) is 9.59 Å². The van der Waals surface area contributed by atoms with E-state index in [1.54, 1.807) is 0 Å². The predicted octanol–water partition coefficient (Wildman–Crippen LogP) is 7.48. The van der Waals surface area contributed by atoms with Gasteiger partial charge >= 0.3 is 12.1 Å². The van der Waals surface area contributed by atoms with Crippen molar-refractivity contribution in [2.24, 2.45) is 0 Å². The van der Waals surface area contributed by atoms with Crippen LogP contribution in [0.3, 0.4) is 0 Å². The minimum Gasteiger partial charge on any atom is -0.459 e. The zero-order chi connectivity index (χ0) is 22.8. The number of carbonyl (C=O) groups is 2. The van der Waals surface area contributed by atoms with Crippen molar-refractivity contribution in [3.63, 3.8) is 0 Å². The molecule has 5 heteroatoms. The van der Waals surface area contributed by atoms with Gasteiger partial charge in [-0.2, -0.15) is 0 Å². The van der Waals surface area contributed by atoms with Gasteiger partial charge in [-0.1, -0.05) is 123 Å². The molecule has 0 atom stereocenters. The smallest absolute Gasteiger partial charge is 0.407 e. The molecule has 0 aromatic rings. The number of amides is 1. The molecule has 0 unspecified atom stereocenters. The Morgan fingerprint density at radius 2 is 1.03 bits per heavy atom. The highest BCUT2D eigenvalue weighted by atomic mass is 16.6. The van der Waals surface area contributed by atoms with Gasteiger partial charge in [0.25, 0.3) is 0 Å². The fraction of sp³-hybridized carbons (Fsp3) is 0.846. The Morgan fingerprint density at radius 3 is 1.45 bits per heavy atom. The maximum atomic E-state index is 11.4. The van der Waals surface area contributed by atoms with E-state index in [4.69, 9.17) is 9.47 Å². The number of unbranched alkanes of at least 4 members (excludes halogenated alkanes) is 17. The van der Waals surface area contributed by atoms with E-state index in [-0.39, 0.29) is 13.2 Å². The molecule has 0 rings (SSSR count). The monoisotopic (exact) mass is 439 g/mol. The summed E-state index contributed by atoms with van der Waals surface area (Å²) in [5.74, 6) is -0.511. The summed E-state index contributed by atoms with van der Waals surface area (Å²) >= 11 is 0. The minimum absolute atomic E-state index is 0.0530. The van der Waals surface area contributed by atoms with Crippen LogP contribution in [-0.4, -0.2) is 31.8 Å². The van der Waals surface area contributed by atoms with Gasteiger partial charge in [0, 0.05) is 12.6 Å². The van der Waals surface area contributed by atoms with Crippen LogP contribution in [0.4, 0.5) is 4.79 Å². The zero-order valence-electron chi connectivity index (χ0n) is 20.3. The molecule has 0 bridgehead atoms. The molecule has 1 amide bonds. The van der Waals surface area contributed by atoms with E-state index in [0.717, 1.165) is 18.9 Å². The molecule has 0 heterocycles. The number of esters is 1. The number of alkyl carbamates (subject to hydrolysis) is 1. The Bertz CT molecular complexity index is 426. The van der Waals surface area contributed by atoms with Crippen molar-refractivity contribution in [2.75, 3.05) is 19.8 Å². The lowest BCUT2D eigenvalue weighted by atomic mass is 10.0. The van der Waals surface area contributed by atoms with Gasteiger partial charge in [0.15, 0.2) is 0 Å². The van der Waals surface area contributed by atoms with E-state index in [2.05, 4.69) is 18.8 Å². The highest BCUT2D eigenvalue weighted by molar-refractivity contribution is 5.81. The van der Waals surface area contributed by atoms with Crippen LogP contribution in [0.15, 0.2) is 12.7 Å². The molecular weight excluding hydrogens is 390 g/mol. The lowest BCUT2D eigenvalue weighted by molar-refractivity contribution is -0.138. The topological polar surface area (TPSA) is 64.6 Å². The SMILES string of the molecule is C=CC(=O)OCCOC(=O)NCCCCCCCCCCCCCCCCCCCC. The molecule has 0 saturated heterocycles. The first-order valence-electron chi connectivity index (χ1n) is 12.9. The van der Waals surface area contributed by atoms with Crippen LogP contribution in [-0.2, 0) is 14.3 Å². The number of carbonyl (C=O) groups excluding carboxylic acids is 2. The largest absolute Gasteiger partial charge is 0.459 e. The van der Waals surface area contributed by atoms with Crippen LogP contribution in [0.2, 0.25) is 0 Å². The molecule has 1 N–H and O–H groups in total. The molecule has 0 aliphatic rings. The second-order valence-corrected chi connectivity index (χ2v) is 8.44. The maximum absolute atomic E-state index is 11.4. The highest BCUT2D eigenvalue weighted by Gasteiger charge is 2.02. The molecule has 0 aromatic carbocycles. The van der Waals surface area contributed by atoms with Gasteiger partial charge in [-0.05, 0) is 6.42 Å². The normalized spacial score (nSPS) is 10.6. The summed E-state index contributed by atoms with van der Waals surface area (Å²) in [6, 6.07) is 0. The molecule has 0 fully saturated rings. The quantitative estimate of drug-likeness (QED) is 0.102. The third-order valence-corrected chi connectivity index (χ3v) is 5.53. The van der Waals surface area contributed by atoms with Gasteiger partial charge < -0.3 is 14.8 Å². The van der Waals surface area contributed by atoms with Crippen LogP contribution in [0, 0.1) is 0 Å². The van der Waals surface area contributed by atoms with Crippen LogP contribution in [0.5, 0.6) is 0 Å². The standard InChI is InChI=1S/C26H49NO4/c1-3-5-6-7-8-9-10-11-12-13-14-15-16-17-18-19-20-21-22-27-26(29)31-24-23-30-25(28)4-2/h4H,2-3,5-24H2,1H3,(H,27,29). The third-order valence-electron chi connectivity index (χ3n) is 5.53. The van der Waals surface area contributed by atoms with Crippen molar-refractivity contribution in [2.45, 2.75) is 122 Å². The van der Waals surface area contributed by atoms with E-state index in [0.29, 0.717) is 6.54 Å². The van der Waals surface area contributed by atoms with Gasteiger partial charge in [-0.3, -0.25) is 0 Å². The predicted molar refractivity (Wildman–Crippen MR) is 129 cm³/mol. The van der Waals surface area contributed by atoms with Gasteiger partial charge in [0.05, 0.1) is 0 Å². The fourth-order valence-corrected chi connectivity index (χ4v) is 3.60. The molecule has 31 heavy (non-hydrogen) atoms.